The van der Waals surface area contributed by atoms with Gasteiger partial charge in [-0.3, -0.25) is 5.32 Å². The highest BCUT2D eigenvalue weighted by Gasteiger charge is 2.21. The maximum absolute atomic E-state index is 12.3. The second kappa shape index (κ2) is 7.70. The molecule has 7 heteroatoms. The molecular weight excluding hydrogens is 288 g/mol. The summed E-state index contributed by atoms with van der Waals surface area (Å²) in [5, 5.41) is 12.7. The van der Waals surface area contributed by atoms with Gasteiger partial charge in [0.25, 0.3) is 0 Å². The maximum atomic E-state index is 12.3. The summed E-state index contributed by atoms with van der Waals surface area (Å²) < 4.78 is 5.55. The van der Waals surface area contributed by atoms with Crippen molar-refractivity contribution in [1.82, 2.24) is 15.1 Å². The monoisotopic (exact) mass is 312 g/mol. The Morgan fingerprint density at radius 3 is 2.95 bits per heavy atom. The van der Waals surface area contributed by atoms with E-state index in [0.717, 1.165) is 24.3 Å². The Bertz CT molecular complexity index is 462. The number of hydrogen-bond acceptors (Lipinski definition) is 5. The van der Waals surface area contributed by atoms with Crippen LogP contribution in [-0.4, -0.2) is 46.9 Å². The molecule has 1 unspecified atom stereocenters. The SMILES string of the molecule is CCC(CC)c1nnc(NC(=O)N2CCCOC(C)C2)s1. The van der Waals surface area contributed by atoms with Crippen LogP contribution in [0.2, 0.25) is 0 Å². The fraction of sp³-hybridized carbons (Fsp3) is 0.786. The molecule has 1 aromatic rings. The number of carbonyl (C=O) groups excluding carboxylic acids is 1. The van der Waals surface area contributed by atoms with Crippen LogP contribution in [0.5, 0.6) is 0 Å². The number of carbonyl (C=O) groups is 1. The maximum Gasteiger partial charge on any atom is 0.323 e. The highest BCUT2D eigenvalue weighted by Crippen LogP contribution is 2.28. The van der Waals surface area contributed by atoms with Gasteiger partial charge in [0.15, 0.2) is 0 Å². The van der Waals surface area contributed by atoms with Crippen LogP contribution in [0.15, 0.2) is 0 Å². The topological polar surface area (TPSA) is 67.4 Å². The number of urea groups is 1. The Morgan fingerprint density at radius 2 is 2.24 bits per heavy atom. The molecule has 1 aromatic heterocycles. The zero-order valence-corrected chi connectivity index (χ0v) is 13.8. The number of aromatic nitrogens is 2. The van der Waals surface area contributed by atoms with Crippen molar-refractivity contribution in [3.8, 4) is 0 Å². The molecule has 21 heavy (non-hydrogen) atoms. The summed E-state index contributed by atoms with van der Waals surface area (Å²) in [6.45, 7) is 8.32. The fourth-order valence-electron chi connectivity index (χ4n) is 2.44. The highest BCUT2D eigenvalue weighted by molar-refractivity contribution is 7.15. The molecule has 0 spiro atoms. The van der Waals surface area contributed by atoms with Crippen molar-refractivity contribution >= 4 is 22.5 Å². The summed E-state index contributed by atoms with van der Waals surface area (Å²) in [7, 11) is 0. The molecule has 118 valence electrons. The summed E-state index contributed by atoms with van der Waals surface area (Å²) in [5.41, 5.74) is 0. The zero-order chi connectivity index (χ0) is 15.2. The van der Waals surface area contributed by atoms with Gasteiger partial charge < -0.3 is 9.64 Å². The standard InChI is InChI=1S/C14H24N4O2S/c1-4-11(5-2)12-16-17-13(21-12)15-14(19)18-7-6-8-20-10(3)9-18/h10-11H,4-9H2,1-3H3,(H,15,17,19). The number of amides is 2. The van der Waals surface area contributed by atoms with Crippen LogP contribution in [0.1, 0.15) is 51.0 Å². The number of ether oxygens (including phenoxy) is 1. The normalized spacial score (nSPS) is 19.6. The Hall–Kier alpha value is -1.21. The van der Waals surface area contributed by atoms with E-state index in [9.17, 15) is 4.79 Å². The van der Waals surface area contributed by atoms with Crippen LogP contribution in [0.4, 0.5) is 9.93 Å². The van der Waals surface area contributed by atoms with Crippen molar-refractivity contribution in [3.63, 3.8) is 0 Å². The molecule has 1 N–H and O–H groups in total. The lowest BCUT2D eigenvalue weighted by molar-refractivity contribution is 0.0718. The van der Waals surface area contributed by atoms with E-state index in [2.05, 4.69) is 29.4 Å². The Kier molecular flexibility index (Phi) is 5.93. The lowest BCUT2D eigenvalue weighted by atomic mass is 10.1. The lowest BCUT2D eigenvalue weighted by Gasteiger charge is -2.21. The number of rotatable bonds is 4. The summed E-state index contributed by atoms with van der Waals surface area (Å²) in [6.07, 6.45) is 3.03. The van der Waals surface area contributed by atoms with E-state index in [4.69, 9.17) is 4.74 Å². The van der Waals surface area contributed by atoms with Crippen molar-refractivity contribution in [2.45, 2.75) is 52.1 Å². The average Bonchev–Trinajstić information content (AvgIpc) is 2.80. The van der Waals surface area contributed by atoms with E-state index in [-0.39, 0.29) is 12.1 Å². The van der Waals surface area contributed by atoms with E-state index in [0.29, 0.717) is 30.7 Å². The van der Waals surface area contributed by atoms with Gasteiger partial charge in [-0.1, -0.05) is 25.2 Å². The number of anilines is 1. The minimum absolute atomic E-state index is 0.0767. The molecule has 0 saturated carbocycles. The lowest BCUT2D eigenvalue weighted by Crippen LogP contribution is -2.38. The molecule has 1 atom stereocenters. The van der Waals surface area contributed by atoms with Gasteiger partial charge in [0.1, 0.15) is 5.01 Å². The largest absolute Gasteiger partial charge is 0.377 e. The Labute approximate surface area is 129 Å². The molecule has 1 aliphatic rings. The molecular formula is C14H24N4O2S. The fourth-order valence-corrected chi connectivity index (χ4v) is 3.44. The van der Waals surface area contributed by atoms with Crippen molar-refractivity contribution in [3.05, 3.63) is 5.01 Å². The van der Waals surface area contributed by atoms with Gasteiger partial charge in [-0.25, -0.2) is 4.79 Å². The van der Waals surface area contributed by atoms with Crippen LogP contribution in [0, 0.1) is 0 Å². The molecule has 2 amide bonds. The third-order valence-electron chi connectivity index (χ3n) is 3.73. The molecule has 0 aliphatic carbocycles. The third kappa shape index (κ3) is 4.38. The first kappa shape index (κ1) is 16.2. The first-order chi connectivity index (χ1) is 10.1. The molecule has 2 heterocycles. The van der Waals surface area contributed by atoms with Gasteiger partial charge in [0.05, 0.1) is 6.10 Å². The molecule has 2 rings (SSSR count). The number of nitrogens with zero attached hydrogens (tertiary/aromatic N) is 3. The second-order valence-electron chi connectivity index (χ2n) is 5.37. The van der Waals surface area contributed by atoms with Crippen molar-refractivity contribution in [2.75, 3.05) is 25.0 Å². The van der Waals surface area contributed by atoms with Crippen molar-refractivity contribution in [2.24, 2.45) is 0 Å². The summed E-state index contributed by atoms with van der Waals surface area (Å²) in [5.74, 6) is 0.430. The van der Waals surface area contributed by atoms with E-state index in [1.54, 1.807) is 4.90 Å². The van der Waals surface area contributed by atoms with E-state index >= 15 is 0 Å². The van der Waals surface area contributed by atoms with Gasteiger partial charge in [0.2, 0.25) is 5.13 Å². The predicted octanol–water partition coefficient (Wildman–Crippen LogP) is 3.08. The van der Waals surface area contributed by atoms with Crippen LogP contribution < -0.4 is 5.32 Å². The predicted molar refractivity (Wildman–Crippen MR) is 83.9 cm³/mol. The van der Waals surface area contributed by atoms with Crippen LogP contribution in [-0.2, 0) is 4.74 Å². The summed E-state index contributed by atoms with van der Waals surface area (Å²) in [6, 6.07) is -0.111. The Balaban J connectivity index is 1.96. The smallest absolute Gasteiger partial charge is 0.323 e. The van der Waals surface area contributed by atoms with Crippen LogP contribution in [0.3, 0.4) is 0 Å². The first-order valence-electron chi connectivity index (χ1n) is 7.65. The first-order valence-corrected chi connectivity index (χ1v) is 8.46. The zero-order valence-electron chi connectivity index (χ0n) is 13.0. The average molecular weight is 312 g/mol. The molecule has 1 aliphatic heterocycles. The van der Waals surface area contributed by atoms with Gasteiger partial charge in [-0.15, -0.1) is 10.2 Å². The van der Waals surface area contributed by atoms with Gasteiger partial charge in [0, 0.05) is 25.6 Å². The van der Waals surface area contributed by atoms with Crippen LogP contribution in [0.25, 0.3) is 0 Å². The van der Waals surface area contributed by atoms with Gasteiger partial charge in [-0.2, -0.15) is 0 Å². The molecule has 0 radical (unpaired) electrons. The van der Waals surface area contributed by atoms with Crippen molar-refractivity contribution < 1.29 is 9.53 Å². The van der Waals surface area contributed by atoms with Crippen molar-refractivity contribution in [1.29, 1.82) is 0 Å². The van der Waals surface area contributed by atoms with Gasteiger partial charge in [-0.05, 0) is 26.2 Å². The van der Waals surface area contributed by atoms with Crippen LogP contribution >= 0.6 is 11.3 Å². The second-order valence-corrected chi connectivity index (χ2v) is 6.38. The third-order valence-corrected chi connectivity index (χ3v) is 4.73. The molecule has 0 bridgehead atoms. The summed E-state index contributed by atoms with van der Waals surface area (Å²) in [4.78, 5) is 14.1. The number of hydrogen-bond donors (Lipinski definition) is 1. The van der Waals surface area contributed by atoms with Gasteiger partial charge >= 0.3 is 6.03 Å². The highest BCUT2D eigenvalue weighted by atomic mass is 32.1. The molecule has 1 saturated heterocycles. The Morgan fingerprint density at radius 1 is 1.48 bits per heavy atom. The molecule has 0 aromatic carbocycles. The summed E-state index contributed by atoms with van der Waals surface area (Å²) >= 11 is 1.48. The van der Waals surface area contributed by atoms with E-state index < -0.39 is 0 Å². The molecule has 6 nitrogen and oxygen atoms in total. The number of nitrogens with one attached hydrogen (secondary N) is 1. The minimum Gasteiger partial charge on any atom is -0.377 e. The quantitative estimate of drug-likeness (QED) is 0.927. The van der Waals surface area contributed by atoms with E-state index in [1.807, 2.05) is 6.92 Å². The minimum atomic E-state index is -0.111. The van der Waals surface area contributed by atoms with E-state index in [1.165, 1.54) is 11.3 Å². The molecule has 1 fully saturated rings.